The maximum atomic E-state index is 12.0. The minimum Gasteiger partial charge on any atom is -0.283 e. The molecule has 0 aromatic rings. The molecule has 3 nitrogen and oxygen atoms in total. The van der Waals surface area contributed by atoms with E-state index in [0.717, 1.165) is 6.42 Å². The van der Waals surface area contributed by atoms with Gasteiger partial charge in [-0.2, -0.15) is 0 Å². The molecule has 0 radical (unpaired) electrons. The highest BCUT2D eigenvalue weighted by Crippen LogP contribution is 2.34. The predicted octanol–water partition coefficient (Wildman–Crippen LogP) is 1.59. The highest BCUT2D eigenvalue weighted by molar-refractivity contribution is 5.97. The van der Waals surface area contributed by atoms with Crippen molar-refractivity contribution in [1.82, 2.24) is 4.90 Å². The number of amides is 2. The number of carbonyl (C=O) groups is 2. The van der Waals surface area contributed by atoms with Crippen LogP contribution >= 0.6 is 0 Å². The lowest BCUT2D eigenvalue weighted by molar-refractivity contribution is -0.149. The number of imide groups is 1. The smallest absolute Gasteiger partial charge is 0.232 e. The zero-order valence-electron chi connectivity index (χ0n) is 9.27. The second-order valence-corrected chi connectivity index (χ2v) is 4.51. The molecule has 1 saturated heterocycles. The Morgan fingerprint density at radius 1 is 1.40 bits per heavy atom. The van der Waals surface area contributed by atoms with Gasteiger partial charge in [0.25, 0.3) is 0 Å². The third-order valence-electron chi connectivity index (χ3n) is 3.56. The normalized spacial score (nSPS) is 35.6. The van der Waals surface area contributed by atoms with Crippen molar-refractivity contribution in [3.8, 4) is 0 Å². The van der Waals surface area contributed by atoms with Crippen molar-refractivity contribution in [3.63, 3.8) is 0 Å². The minimum atomic E-state index is -0.0459. The second kappa shape index (κ2) is 3.80. The fourth-order valence-corrected chi connectivity index (χ4v) is 2.55. The van der Waals surface area contributed by atoms with Gasteiger partial charge in [0.05, 0.1) is 0 Å². The molecule has 0 spiro atoms. The van der Waals surface area contributed by atoms with E-state index in [4.69, 9.17) is 0 Å². The Morgan fingerprint density at radius 2 is 2.13 bits per heavy atom. The van der Waals surface area contributed by atoms with Crippen molar-refractivity contribution in [3.05, 3.63) is 12.2 Å². The van der Waals surface area contributed by atoms with Gasteiger partial charge in [-0.25, -0.2) is 0 Å². The van der Waals surface area contributed by atoms with Crippen molar-refractivity contribution < 1.29 is 9.59 Å². The fourth-order valence-electron chi connectivity index (χ4n) is 2.55. The van der Waals surface area contributed by atoms with Crippen LogP contribution in [-0.4, -0.2) is 23.3 Å². The zero-order chi connectivity index (χ0) is 11.0. The van der Waals surface area contributed by atoms with E-state index < -0.39 is 0 Å². The number of hydrogen-bond acceptors (Lipinski definition) is 2. The largest absolute Gasteiger partial charge is 0.283 e. The van der Waals surface area contributed by atoms with Crippen LogP contribution in [0.4, 0.5) is 0 Å². The summed E-state index contributed by atoms with van der Waals surface area (Å²) in [4.78, 5) is 25.2. The van der Waals surface area contributed by atoms with Gasteiger partial charge in [-0.1, -0.05) is 19.1 Å². The number of fused-ring (bicyclic) bond motifs is 2. The molecule has 3 heteroatoms. The first-order chi connectivity index (χ1) is 7.13. The van der Waals surface area contributed by atoms with Crippen LogP contribution < -0.4 is 0 Å². The van der Waals surface area contributed by atoms with E-state index in [1.807, 2.05) is 13.8 Å². The van der Waals surface area contributed by atoms with E-state index in [1.54, 1.807) is 0 Å². The minimum absolute atomic E-state index is 0.00231. The quantitative estimate of drug-likeness (QED) is 0.483. The van der Waals surface area contributed by atoms with Crippen molar-refractivity contribution >= 4 is 11.8 Å². The van der Waals surface area contributed by atoms with E-state index in [-0.39, 0.29) is 17.7 Å². The van der Waals surface area contributed by atoms with Crippen molar-refractivity contribution in [2.45, 2.75) is 26.7 Å². The van der Waals surface area contributed by atoms with Crippen LogP contribution in [-0.2, 0) is 9.59 Å². The van der Waals surface area contributed by atoms with Gasteiger partial charge in [-0.15, -0.1) is 0 Å². The highest BCUT2D eigenvalue weighted by atomic mass is 16.2. The summed E-state index contributed by atoms with van der Waals surface area (Å²) in [5.74, 6) is 0.633. The molecule has 2 bridgehead atoms. The molecule has 1 aliphatic carbocycles. The standard InChI is InChI=1S/C12H17NO2/c1-3-13-11(14)7-9-4-5-10(6-9)8(2)12(13)15/h4-5,8-10H,3,6-7H2,1-2H3. The van der Waals surface area contributed by atoms with E-state index in [2.05, 4.69) is 12.2 Å². The Balaban J connectivity index is 2.27. The summed E-state index contributed by atoms with van der Waals surface area (Å²) in [5.41, 5.74) is 0. The average Bonchev–Trinajstić information content (AvgIpc) is 2.65. The molecule has 1 aliphatic heterocycles. The predicted molar refractivity (Wildman–Crippen MR) is 56.9 cm³/mol. The van der Waals surface area contributed by atoms with Crippen LogP contribution in [0, 0.1) is 17.8 Å². The lowest BCUT2D eigenvalue weighted by Crippen LogP contribution is -2.43. The van der Waals surface area contributed by atoms with Gasteiger partial charge >= 0.3 is 0 Å². The topological polar surface area (TPSA) is 37.4 Å². The van der Waals surface area contributed by atoms with Crippen LogP contribution in [0.2, 0.25) is 0 Å². The van der Waals surface area contributed by atoms with Crippen LogP contribution in [0.5, 0.6) is 0 Å². The summed E-state index contributed by atoms with van der Waals surface area (Å²) < 4.78 is 0. The maximum Gasteiger partial charge on any atom is 0.232 e. The monoisotopic (exact) mass is 207 g/mol. The molecule has 3 unspecified atom stereocenters. The maximum absolute atomic E-state index is 12.0. The molecule has 0 aromatic carbocycles. The Hall–Kier alpha value is -1.12. The van der Waals surface area contributed by atoms with Gasteiger partial charge in [-0.05, 0) is 25.2 Å². The van der Waals surface area contributed by atoms with Crippen molar-refractivity contribution in [1.29, 1.82) is 0 Å². The summed E-state index contributed by atoms with van der Waals surface area (Å²) in [6.07, 6.45) is 5.68. The molecule has 1 heterocycles. The molecule has 82 valence electrons. The Bertz CT molecular complexity index is 322. The number of rotatable bonds is 1. The van der Waals surface area contributed by atoms with E-state index in [9.17, 15) is 9.59 Å². The second-order valence-electron chi connectivity index (χ2n) is 4.51. The first kappa shape index (κ1) is 10.4. The van der Waals surface area contributed by atoms with Crippen molar-refractivity contribution in [2.75, 3.05) is 6.54 Å². The molecule has 0 N–H and O–H groups in total. The lowest BCUT2D eigenvalue weighted by Gasteiger charge is -2.29. The van der Waals surface area contributed by atoms with E-state index >= 15 is 0 Å². The van der Waals surface area contributed by atoms with E-state index in [0.29, 0.717) is 24.8 Å². The number of nitrogens with zero attached hydrogens (tertiary/aromatic N) is 1. The zero-order valence-corrected chi connectivity index (χ0v) is 9.27. The average molecular weight is 207 g/mol. The van der Waals surface area contributed by atoms with Gasteiger partial charge in [0.15, 0.2) is 0 Å². The van der Waals surface area contributed by atoms with Gasteiger partial charge in [-0.3, -0.25) is 14.5 Å². The number of hydrogen-bond donors (Lipinski definition) is 0. The van der Waals surface area contributed by atoms with Crippen molar-refractivity contribution in [2.24, 2.45) is 17.8 Å². The number of likely N-dealkylation sites (tertiary alicyclic amines) is 1. The van der Waals surface area contributed by atoms with E-state index in [1.165, 1.54) is 4.90 Å². The summed E-state index contributed by atoms with van der Waals surface area (Å²) in [6, 6.07) is 0. The first-order valence-electron chi connectivity index (χ1n) is 5.66. The Morgan fingerprint density at radius 3 is 2.80 bits per heavy atom. The van der Waals surface area contributed by atoms with Crippen LogP contribution in [0.25, 0.3) is 0 Å². The van der Waals surface area contributed by atoms with Gasteiger partial charge in [0.2, 0.25) is 11.8 Å². The molecule has 15 heavy (non-hydrogen) atoms. The number of carbonyl (C=O) groups excluding carboxylic acids is 2. The molecule has 2 amide bonds. The van der Waals surface area contributed by atoms with Gasteiger partial charge in [0, 0.05) is 18.9 Å². The van der Waals surface area contributed by atoms with Crippen LogP contribution in [0.3, 0.4) is 0 Å². The summed E-state index contributed by atoms with van der Waals surface area (Å²) in [5, 5.41) is 0. The molecular weight excluding hydrogens is 190 g/mol. The molecule has 0 saturated carbocycles. The third kappa shape index (κ3) is 1.71. The summed E-state index contributed by atoms with van der Waals surface area (Å²) >= 11 is 0. The summed E-state index contributed by atoms with van der Waals surface area (Å²) in [7, 11) is 0. The summed E-state index contributed by atoms with van der Waals surface area (Å²) in [6.45, 7) is 4.29. The Labute approximate surface area is 90.1 Å². The highest BCUT2D eigenvalue weighted by Gasteiger charge is 2.36. The number of allylic oxidation sites excluding steroid dienone is 2. The van der Waals surface area contributed by atoms with Crippen LogP contribution in [0.1, 0.15) is 26.7 Å². The third-order valence-corrected chi connectivity index (χ3v) is 3.56. The molecule has 0 aromatic heterocycles. The van der Waals surface area contributed by atoms with Gasteiger partial charge < -0.3 is 0 Å². The first-order valence-corrected chi connectivity index (χ1v) is 5.66. The lowest BCUT2D eigenvalue weighted by atomic mass is 9.87. The molecule has 3 atom stereocenters. The fraction of sp³-hybridized carbons (Fsp3) is 0.667. The molecule has 2 aliphatic rings. The Kier molecular flexibility index (Phi) is 2.63. The molecule has 1 fully saturated rings. The van der Waals surface area contributed by atoms with Crippen LogP contribution in [0.15, 0.2) is 12.2 Å². The molecular formula is C12H17NO2. The SMILES string of the molecule is CCN1C(=O)CC2C=CC(C2)C(C)C1=O. The molecule has 2 rings (SSSR count). The van der Waals surface area contributed by atoms with Gasteiger partial charge in [0.1, 0.15) is 0 Å².